The van der Waals surface area contributed by atoms with E-state index in [9.17, 15) is 0 Å². The number of hydrogen-bond donors (Lipinski definition) is 1. The Labute approximate surface area is 101 Å². The van der Waals surface area contributed by atoms with Gasteiger partial charge in [-0.15, -0.1) is 0 Å². The van der Waals surface area contributed by atoms with E-state index in [1.807, 2.05) is 24.3 Å². The Hall–Kier alpha value is -1.39. The molecule has 16 heavy (non-hydrogen) atoms. The van der Waals surface area contributed by atoms with Crippen molar-refractivity contribution in [3.63, 3.8) is 0 Å². The molecule has 2 rings (SSSR count). The highest BCUT2D eigenvalue weighted by Crippen LogP contribution is 2.22. The Morgan fingerprint density at radius 2 is 2.25 bits per heavy atom. The Kier molecular flexibility index (Phi) is 3.54. The fourth-order valence-corrected chi connectivity index (χ4v) is 1.84. The monoisotopic (exact) mass is 231 g/mol. The molecule has 0 aliphatic heterocycles. The van der Waals surface area contributed by atoms with Crippen LogP contribution in [0.1, 0.15) is 31.9 Å². The second-order valence-electron chi connectivity index (χ2n) is 3.79. The lowest BCUT2D eigenvalue weighted by Crippen LogP contribution is -1.73. The molecule has 1 aromatic heterocycles. The van der Waals surface area contributed by atoms with E-state index in [4.69, 9.17) is 11.6 Å². The second-order valence-corrected chi connectivity index (χ2v) is 4.20. The summed E-state index contributed by atoms with van der Waals surface area (Å²) in [5.74, 6) is 6.29. The third-order valence-corrected chi connectivity index (χ3v) is 2.80. The highest BCUT2D eigenvalue weighted by molar-refractivity contribution is 6.35. The number of hydrogen-bond acceptors (Lipinski definition) is 0. The van der Waals surface area contributed by atoms with Crippen LogP contribution in [-0.2, 0) is 0 Å². The summed E-state index contributed by atoms with van der Waals surface area (Å²) in [5.41, 5.74) is 1.92. The molecular weight excluding hydrogens is 218 g/mol. The molecule has 1 nitrogen and oxygen atoms in total. The summed E-state index contributed by atoms with van der Waals surface area (Å²) in [6, 6.07) is 7.91. The number of aromatic amines is 1. The smallest absolute Gasteiger partial charge is 0.0904 e. The summed E-state index contributed by atoms with van der Waals surface area (Å²) >= 11 is 6.07. The van der Waals surface area contributed by atoms with Gasteiger partial charge in [0.15, 0.2) is 0 Å². The van der Waals surface area contributed by atoms with Crippen LogP contribution in [0.15, 0.2) is 24.3 Å². The molecule has 2 aromatic rings. The van der Waals surface area contributed by atoms with Gasteiger partial charge in [-0.25, -0.2) is 0 Å². The maximum Gasteiger partial charge on any atom is 0.0904 e. The van der Waals surface area contributed by atoms with Crippen molar-refractivity contribution in [2.75, 3.05) is 0 Å². The second kappa shape index (κ2) is 5.09. The van der Waals surface area contributed by atoms with Crippen LogP contribution in [0.25, 0.3) is 10.9 Å². The number of fused-ring (bicyclic) bond motifs is 1. The number of halogens is 1. The fraction of sp³-hybridized carbons (Fsp3) is 0.286. The van der Waals surface area contributed by atoms with Gasteiger partial charge in [0.25, 0.3) is 0 Å². The van der Waals surface area contributed by atoms with E-state index in [1.54, 1.807) is 0 Å². The van der Waals surface area contributed by atoms with Crippen LogP contribution >= 0.6 is 11.6 Å². The summed E-state index contributed by atoms with van der Waals surface area (Å²) in [6.45, 7) is 2.17. The summed E-state index contributed by atoms with van der Waals surface area (Å²) < 4.78 is 0. The zero-order valence-corrected chi connectivity index (χ0v) is 10.1. The normalized spacial score (nSPS) is 10.1. The Morgan fingerprint density at radius 3 is 3.00 bits per heavy atom. The van der Waals surface area contributed by atoms with Crippen molar-refractivity contribution in [2.45, 2.75) is 26.2 Å². The van der Waals surface area contributed by atoms with Gasteiger partial charge in [0.2, 0.25) is 0 Å². The maximum atomic E-state index is 6.07. The molecule has 0 saturated carbocycles. The van der Waals surface area contributed by atoms with Crippen molar-refractivity contribution in [1.82, 2.24) is 4.98 Å². The number of para-hydroxylation sites is 1. The van der Waals surface area contributed by atoms with Gasteiger partial charge in [-0.05, 0) is 24.5 Å². The topological polar surface area (TPSA) is 15.8 Å². The van der Waals surface area contributed by atoms with Crippen molar-refractivity contribution in [1.29, 1.82) is 0 Å². The number of aromatic nitrogens is 1. The van der Waals surface area contributed by atoms with Gasteiger partial charge in [0, 0.05) is 11.8 Å². The van der Waals surface area contributed by atoms with E-state index in [0.29, 0.717) is 0 Å². The first-order chi connectivity index (χ1) is 7.81. The lowest BCUT2D eigenvalue weighted by molar-refractivity contribution is 0.828. The minimum atomic E-state index is 0.749. The number of H-pyrrole nitrogens is 1. The van der Waals surface area contributed by atoms with Crippen LogP contribution in [0.3, 0.4) is 0 Å². The lowest BCUT2D eigenvalue weighted by atomic mass is 10.2. The molecule has 1 N–H and O–H groups in total. The van der Waals surface area contributed by atoms with Crippen LogP contribution in [0, 0.1) is 11.8 Å². The Morgan fingerprint density at radius 1 is 1.38 bits per heavy atom. The van der Waals surface area contributed by atoms with Crippen LogP contribution in [0.5, 0.6) is 0 Å². The molecule has 0 unspecified atom stereocenters. The Bertz CT molecular complexity index is 543. The standard InChI is InChI=1S/C14H14ClN/c1-2-3-4-5-8-12-10-11-7-6-9-13(15)14(11)16-12/h6-7,9-10,16H,2-4H2,1H3. The van der Waals surface area contributed by atoms with E-state index in [1.165, 1.54) is 6.42 Å². The number of rotatable bonds is 2. The molecule has 0 radical (unpaired) electrons. The molecule has 0 amide bonds. The molecule has 1 aromatic carbocycles. The molecule has 1 heterocycles. The largest absolute Gasteiger partial charge is 0.347 e. The van der Waals surface area contributed by atoms with Crippen LogP contribution in [0.2, 0.25) is 5.02 Å². The Balaban J connectivity index is 2.25. The third-order valence-electron chi connectivity index (χ3n) is 2.48. The first kappa shape index (κ1) is 11.1. The zero-order chi connectivity index (χ0) is 11.4. The minimum absolute atomic E-state index is 0.749. The SMILES string of the molecule is CCCCC#Cc1cc2cccc(Cl)c2[nH]1. The van der Waals surface area contributed by atoms with E-state index in [2.05, 4.69) is 23.7 Å². The zero-order valence-electron chi connectivity index (χ0n) is 9.31. The van der Waals surface area contributed by atoms with Crippen molar-refractivity contribution >= 4 is 22.5 Å². The summed E-state index contributed by atoms with van der Waals surface area (Å²) in [4.78, 5) is 3.24. The van der Waals surface area contributed by atoms with Crippen LogP contribution in [0.4, 0.5) is 0 Å². The van der Waals surface area contributed by atoms with Crippen molar-refractivity contribution in [3.8, 4) is 11.8 Å². The average molecular weight is 232 g/mol. The van der Waals surface area contributed by atoms with Gasteiger partial charge >= 0.3 is 0 Å². The van der Waals surface area contributed by atoms with E-state index in [-0.39, 0.29) is 0 Å². The van der Waals surface area contributed by atoms with Crippen LogP contribution < -0.4 is 0 Å². The average Bonchev–Trinajstić information content (AvgIpc) is 2.69. The molecule has 0 aliphatic rings. The van der Waals surface area contributed by atoms with Gasteiger partial charge in [-0.3, -0.25) is 0 Å². The molecule has 0 spiro atoms. The summed E-state index contributed by atoms with van der Waals surface area (Å²) in [5, 5.41) is 1.87. The highest BCUT2D eigenvalue weighted by Gasteiger charge is 2.01. The quantitative estimate of drug-likeness (QED) is 0.584. The molecule has 0 aliphatic carbocycles. The molecule has 0 atom stereocenters. The summed E-state index contributed by atoms with van der Waals surface area (Å²) in [7, 11) is 0. The van der Waals surface area contributed by atoms with E-state index in [0.717, 1.165) is 34.5 Å². The molecule has 0 saturated heterocycles. The molecular formula is C14H14ClN. The lowest BCUT2D eigenvalue weighted by Gasteiger charge is -1.90. The van der Waals surface area contributed by atoms with Gasteiger partial charge in [-0.2, -0.15) is 0 Å². The summed E-state index contributed by atoms with van der Waals surface area (Å²) in [6.07, 6.45) is 3.31. The van der Waals surface area contributed by atoms with E-state index >= 15 is 0 Å². The highest BCUT2D eigenvalue weighted by atomic mass is 35.5. The van der Waals surface area contributed by atoms with Crippen LogP contribution in [-0.4, -0.2) is 4.98 Å². The van der Waals surface area contributed by atoms with Gasteiger partial charge in [0.1, 0.15) is 0 Å². The van der Waals surface area contributed by atoms with Crippen molar-refractivity contribution in [2.24, 2.45) is 0 Å². The number of nitrogens with one attached hydrogen (secondary N) is 1. The van der Waals surface area contributed by atoms with Crippen molar-refractivity contribution < 1.29 is 0 Å². The first-order valence-corrected chi connectivity index (χ1v) is 5.95. The van der Waals surface area contributed by atoms with Gasteiger partial charge < -0.3 is 4.98 Å². The van der Waals surface area contributed by atoms with Gasteiger partial charge in [0.05, 0.1) is 16.2 Å². The molecule has 0 fully saturated rings. The van der Waals surface area contributed by atoms with E-state index < -0.39 is 0 Å². The van der Waals surface area contributed by atoms with Crippen molar-refractivity contribution in [3.05, 3.63) is 35.0 Å². The molecule has 0 bridgehead atoms. The molecule has 2 heteroatoms. The minimum Gasteiger partial charge on any atom is -0.347 e. The predicted molar refractivity (Wildman–Crippen MR) is 69.7 cm³/mol. The molecule has 82 valence electrons. The first-order valence-electron chi connectivity index (χ1n) is 5.57. The van der Waals surface area contributed by atoms with Gasteiger partial charge in [-0.1, -0.05) is 43.0 Å². The maximum absolute atomic E-state index is 6.07. The third kappa shape index (κ3) is 2.40. The fourth-order valence-electron chi connectivity index (χ4n) is 1.61. The number of benzene rings is 1. The number of unbranched alkanes of at least 4 members (excludes halogenated alkanes) is 2. The predicted octanol–water partition coefficient (Wildman–Crippen LogP) is 4.36.